The fourth-order valence-electron chi connectivity index (χ4n) is 8.66. The molecule has 0 radical (unpaired) electrons. The lowest BCUT2D eigenvalue weighted by atomic mass is 9.76. The zero-order chi connectivity index (χ0) is 36.0. The fraction of sp³-hybridized carbons (Fsp3) is 0.927. The molecule has 2 unspecified atom stereocenters. The number of rotatable bonds is 22. The first kappa shape index (κ1) is 42.7. The van der Waals surface area contributed by atoms with Gasteiger partial charge in [0.05, 0.1) is 11.1 Å². The van der Waals surface area contributed by atoms with Crippen molar-refractivity contribution in [1.29, 1.82) is 0 Å². The van der Waals surface area contributed by atoms with Crippen molar-refractivity contribution in [1.82, 2.24) is 9.80 Å². The second-order valence-corrected chi connectivity index (χ2v) is 17.3. The summed E-state index contributed by atoms with van der Waals surface area (Å²) >= 11 is 0. The number of Topliss-reactive ketones (excluding diaryl/α,β-unsaturated/α-hetero) is 2. The van der Waals surface area contributed by atoms with E-state index in [9.17, 15) is 14.4 Å². The van der Waals surface area contributed by atoms with Crippen LogP contribution in [0.2, 0.25) is 0 Å². The van der Waals surface area contributed by atoms with Gasteiger partial charge < -0.3 is 9.47 Å². The highest BCUT2D eigenvalue weighted by Gasteiger charge is 2.54. The molecule has 0 aromatic heterocycles. The lowest BCUT2D eigenvalue weighted by Gasteiger charge is -2.54. The van der Waals surface area contributed by atoms with Crippen LogP contribution in [0.4, 0.5) is 4.79 Å². The monoisotopic (exact) mass is 677 g/mol. The molecule has 2 aliphatic rings. The largest absolute Gasteiger partial charge is 0.509 e. The molecular formula is C41H76N2O5. The minimum absolute atomic E-state index is 0.0996. The van der Waals surface area contributed by atoms with Crippen LogP contribution in [0.5, 0.6) is 0 Å². The molecule has 2 saturated heterocycles. The fourth-order valence-corrected chi connectivity index (χ4v) is 8.66. The Morgan fingerprint density at radius 2 is 0.792 bits per heavy atom. The van der Waals surface area contributed by atoms with Gasteiger partial charge in [-0.2, -0.15) is 0 Å². The van der Waals surface area contributed by atoms with Crippen molar-refractivity contribution in [2.45, 2.75) is 232 Å². The van der Waals surface area contributed by atoms with Crippen molar-refractivity contribution in [3.8, 4) is 0 Å². The van der Waals surface area contributed by atoms with Gasteiger partial charge in [-0.05, 0) is 81.3 Å². The Kier molecular flexibility index (Phi) is 17.6. The van der Waals surface area contributed by atoms with Gasteiger partial charge >= 0.3 is 6.16 Å². The number of unbranched alkanes of at least 4 members (excludes halogenated alkanes) is 16. The maximum Gasteiger partial charge on any atom is 0.509 e. The van der Waals surface area contributed by atoms with Crippen molar-refractivity contribution in [2.75, 3.05) is 13.1 Å². The first-order valence-corrected chi connectivity index (χ1v) is 20.0. The van der Waals surface area contributed by atoms with Crippen LogP contribution in [0.1, 0.15) is 198 Å². The molecule has 7 nitrogen and oxygen atoms in total. The summed E-state index contributed by atoms with van der Waals surface area (Å²) in [7, 11) is 0. The van der Waals surface area contributed by atoms with Crippen LogP contribution in [0.25, 0.3) is 0 Å². The summed E-state index contributed by atoms with van der Waals surface area (Å²) < 4.78 is 11.5. The van der Waals surface area contributed by atoms with E-state index in [4.69, 9.17) is 9.47 Å². The highest BCUT2D eigenvalue weighted by Crippen LogP contribution is 2.40. The Hall–Kier alpha value is -1.47. The van der Waals surface area contributed by atoms with Gasteiger partial charge in [0.15, 0.2) is 23.8 Å². The minimum Gasteiger partial charge on any atom is -0.423 e. The third-order valence-electron chi connectivity index (χ3n) is 11.4. The SMILES string of the molecule is CCCCCCCCCCCN1C(C)(C)CC(OC(=O)OC2CC(C)(C)N(CCCCCCCCCCC)C(C)(C)C2=O)C(=O)C1(C)C. The van der Waals surface area contributed by atoms with E-state index in [2.05, 4.69) is 51.3 Å². The molecule has 2 fully saturated rings. The maximum absolute atomic E-state index is 13.7. The number of likely N-dealkylation sites (tertiary alicyclic amines) is 2. The summed E-state index contributed by atoms with van der Waals surface area (Å²) in [5, 5.41) is 0. The van der Waals surface area contributed by atoms with Gasteiger partial charge in [-0.3, -0.25) is 19.4 Å². The highest BCUT2D eigenvalue weighted by molar-refractivity contribution is 5.95. The van der Waals surface area contributed by atoms with Crippen LogP contribution in [-0.4, -0.2) is 75.0 Å². The summed E-state index contributed by atoms with van der Waals surface area (Å²) in [5.74, 6) is -0.199. The lowest BCUT2D eigenvalue weighted by molar-refractivity contribution is -0.164. The smallest absolute Gasteiger partial charge is 0.423 e. The second kappa shape index (κ2) is 19.8. The Morgan fingerprint density at radius 3 is 1.08 bits per heavy atom. The van der Waals surface area contributed by atoms with Crippen LogP contribution in [-0.2, 0) is 19.1 Å². The topological polar surface area (TPSA) is 76.2 Å². The number of piperidine rings is 2. The molecular weight excluding hydrogens is 600 g/mol. The van der Waals surface area contributed by atoms with Crippen LogP contribution in [0, 0.1) is 0 Å². The number of carbonyl (C=O) groups is 3. The van der Waals surface area contributed by atoms with Crippen molar-refractivity contribution in [3.05, 3.63) is 0 Å². The third kappa shape index (κ3) is 12.4. The van der Waals surface area contributed by atoms with Gasteiger partial charge in [-0.1, -0.05) is 117 Å². The normalized spacial score (nSPS) is 23.7. The summed E-state index contributed by atoms with van der Waals surface area (Å²) in [6.45, 7) is 22.5. The zero-order valence-corrected chi connectivity index (χ0v) is 33.1. The Bertz CT molecular complexity index is 911. The van der Waals surface area contributed by atoms with E-state index in [1.54, 1.807) is 0 Å². The Labute approximate surface area is 296 Å². The molecule has 0 N–H and O–H groups in total. The third-order valence-corrected chi connectivity index (χ3v) is 11.4. The van der Waals surface area contributed by atoms with Crippen molar-refractivity contribution < 1.29 is 23.9 Å². The second-order valence-electron chi connectivity index (χ2n) is 17.3. The van der Waals surface area contributed by atoms with E-state index in [0.717, 1.165) is 38.8 Å². The molecule has 0 aromatic rings. The van der Waals surface area contributed by atoms with Gasteiger partial charge in [0.1, 0.15) is 0 Å². The number of nitrogens with zero attached hydrogens (tertiary/aromatic N) is 2. The molecule has 0 saturated carbocycles. The number of hydrogen-bond acceptors (Lipinski definition) is 7. The van der Waals surface area contributed by atoms with Gasteiger partial charge in [-0.25, -0.2) is 4.79 Å². The molecule has 0 spiro atoms. The van der Waals surface area contributed by atoms with Crippen LogP contribution >= 0.6 is 0 Å². The van der Waals surface area contributed by atoms with Crippen LogP contribution < -0.4 is 0 Å². The van der Waals surface area contributed by atoms with Gasteiger partial charge in [0, 0.05) is 23.9 Å². The molecule has 2 atom stereocenters. The molecule has 2 rings (SSSR count). The number of ketones is 2. The summed E-state index contributed by atoms with van der Waals surface area (Å²) in [5.41, 5.74) is -2.20. The predicted octanol–water partition coefficient (Wildman–Crippen LogP) is 10.6. The first-order chi connectivity index (χ1) is 22.5. The molecule has 0 amide bonds. The summed E-state index contributed by atoms with van der Waals surface area (Å²) in [6.07, 6.45) is 20.8. The van der Waals surface area contributed by atoms with Crippen molar-refractivity contribution >= 4 is 17.7 Å². The van der Waals surface area contributed by atoms with E-state index < -0.39 is 29.4 Å². The van der Waals surface area contributed by atoms with Gasteiger partial charge in [-0.15, -0.1) is 0 Å². The molecule has 48 heavy (non-hydrogen) atoms. The van der Waals surface area contributed by atoms with Gasteiger partial charge in [0.2, 0.25) is 0 Å². The summed E-state index contributed by atoms with van der Waals surface area (Å²) in [4.78, 5) is 45.3. The van der Waals surface area contributed by atoms with Crippen molar-refractivity contribution in [3.63, 3.8) is 0 Å². The molecule has 0 aliphatic carbocycles. The average molecular weight is 677 g/mol. The van der Waals surface area contributed by atoms with Crippen LogP contribution in [0.3, 0.4) is 0 Å². The standard InChI is InChI=1S/C41H76N2O5/c1-11-13-15-17-19-21-23-25-27-29-42-38(3,4)31-33(35(44)40(42,7)8)47-37(46)48-34-32-39(5,6)43(41(9,10)36(34)45)30-28-26-24-22-20-18-16-14-12-2/h33-34H,11-32H2,1-10H3. The highest BCUT2D eigenvalue weighted by atomic mass is 16.7. The van der Waals surface area contributed by atoms with E-state index in [0.29, 0.717) is 12.8 Å². The Morgan fingerprint density at radius 1 is 0.521 bits per heavy atom. The lowest BCUT2D eigenvalue weighted by Crippen LogP contribution is -2.68. The predicted molar refractivity (Wildman–Crippen MR) is 199 cm³/mol. The number of ether oxygens (including phenoxy) is 2. The minimum atomic E-state index is -0.912. The van der Waals surface area contributed by atoms with E-state index in [1.807, 2.05) is 27.7 Å². The zero-order valence-electron chi connectivity index (χ0n) is 33.1. The molecule has 2 aliphatic heterocycles. The van der Waals surface area contributed by atoms with E-state index in [-0.39, 0.29) is 22.6 Å². The first-order valence-electron chi connectivity index (χ1n) is 20.0. The molecule has 7 heteroatoms. The number of carbonyl (C=O) groups excluding carboxylic acids is 3. The van der Waals surface area contributed by atoms with Crippen LogP contribution in [0.15, 0.2) is 0 Å². The quantitative estimate of drug-likeness (QED) is 0.0834. The average Bonchev–Trinajstić information content (AvgIpc) is 2.99. The van der Waals surface area contributed by atoms with Crippen molar-refractivity contribution in [2.24, 2.45) is 0 Å². The summed E-state index contributed by atoms with van der Waals surface area (Å²) in [6, 6.07) is 0. The number of hydrogen-bond donors (Lipinski definition) is 0. The molecule has 280 valence electrons. The molecule has 2 heterocycles. The van der Waals surface area contributed by atoms with E-state index in [1.165, 1.54) is 89.9 Å². The maximum atomic E-state index is 13.7. The van der Waals surface area contributed by atoms with Gasteiger partial charge in [0.25, 0.3) is 0 Å². The molecule has 0 aromatic carbocycles. The Balaban J connectivity index is 1.88. The molecule has 0 bridgehead atoms. The van der Waals surface area contributed by atoms with E-state index >= 15 is 0 Å².